The topological polar surface area (TPSA) is 77.9 Å². The lowest BCUT2D eigenvalue weighted by Crippen LogP contribution is -2.35. The van der Waals surface area contributed by atoms with E-state index in [0.717, 1.165) is 9.80 Å². The van der Waals surface area contributed by atoms with Crippen molar-refractivity contribution in [1.82, 2.24) is 4.90 Å². The first-order valence-corrected chi connectivity index (χ1v) is 5.46. The van der Waals surface area contributed by atoms with E-state index in [1.807, 2.05) is 0 Å². The summed E-state index contributed by atoms with van der Waals surface area (Å²) in [6.07, 6.45) is 0. The number of anilines is 1. The lowest BCUT2D eigenvalue weighted by molar-refractivity contribution is -0.137. The van der Waals surface area contributed by atoms with Crippen molar-refractivity contribution in [2.75, 3.05) is 18.0 Å². The number of halogens is 1. The average Bonchev–Trinajstić information content (AvgIpc) is 2.55. The number of carbonyl (C=O) groups excluding carboxylic acids is 2. The Bertz CT molecular complexity index is 532. The van der Waals surface area contributed by atoms with Crippen LogP contribution in [0.5, 0.6) is 0 Å². The number of amides is 3. The molecule has 1 aliphatic heterocycles. The van der Waals surface area contributed by atoms with Crippen LogP contribution < -0.4 is 4.90 Å². The predicted octanol–water partition coefficient (Wildman–Crippen LogP) is 1.19. The molecule has 0 bridgehead atoms. The molecule has 0 atom stereocenters. The second kappa shape index (κ2) is 4.66. The standard InChI is InChI=1S/C11H9ClN2O4/c12-7-3-1-2-4-8(7)14-9(15)5-13(11(14)18)6-10(16)17/h1-4H,5-6H2,(H,16,17). The number of hydrogen-bond acceptors (Lipinski definition) is 3. The van der Waals surface area contributed by atoms with Crippen LogP contribution in [-0.2, 0) is 9.59 Å². The van der Waals surface area contributed by atoms with Crippen LogP contribution in [0.15, 0.2) is 24.3 Å². The van der Waals surface area contributed by atoms with E-state index in [1.165, 1.54) is 6.07 Å². The Kier molecular flexibility index (Phi) is 3.20. The van der Waals surface area contributed by atoms with Crippen LogP contribution in [0.4, 0.5) is 10.5 Å². The summed E-state index contributed by atoms with van der Waals surface area (Å²) < 4.78 is 0. The molecule has 0 aromatic heterocycles. The molecule has 2 rings (SSSR count). The smallest absolute Gasteiger partial charge is 0.332 e. The van der Waals surface area contributed by atoms with Crippen LogP contribution in [0.1, 0.15) is 0 Å². The van der Waals surface area contributed by atoms with Gasteiger partial charge < -0.3 is 10.0 Å². The third-order valence-corrected chi connectivity index (χ3v) is 2.78. The molecule has 0 unspecified atom stereocenters. The third kappa shape index (κ3) is 2.14. The van der Waals surface area contributed by atoms with Crippen molar-refractivity contribution in [2.45, 2.75) is 0 Å². The lowest BCUT2D eigenvalue weighted by atomic mass is 10.3. The van der Waals surface area contributed by atoms with Crippen molar-refractivity contribution in [1.29, 1.82) is 0 Å². The number of urea groups is 1. The monoisotopic (exact) mass is 268 g/mol. The van der Waals surface area contributed by atoms with E-state index in [-0.39, 0.29) is 17.3 Å². The van der Waals surface area contributed by atoms with E-state index in [9.17, 15) is 14.4 Å². The molecule has 1 heterocycles. The lowest BCUT2D eigenvalue weighted by Gasteiger charge is -2.16. The Morgan fingerprint density at radius 3 is 2.61 bits per heavy atom. The number of carbonyl (C=O) groups is 3. The Balaban J connectivity index is 2.30. The summed E-state index contributed by atoms with van der Waals surface area (Å²) in [5.74, 6) is -1.66. The van der Waals surface area contributed by atoms with Gasteiger partial charge in [0.05, 0.1) is 10.7 Å². The highest BCUT2D eigenvalue weighted by Crippen LogP contribution is 2.28. The van der Waals surface area contributed by atoms with Crippen LogP contribution in [0.3, 0.4) is 0 Å². The second-order valence-corrected chi connectivity index (χ2v) is 4.12. The van der Waals surface area contributed by atoms with E-state index in [2.05, 4.69) is 0 Å². The van der Waals surface area contributed by atoms with Gasteiger partial charge in [-0.1, -0.05) is 23.7 Å². The van der Waals surface area contributed by atoms with Crippen molar-refractivity contribution in [3.63, 3.8) is 0 Å². The maximum atomic E-state index is 11.9. The van der Waals surface area contributed by atoms with E-state index < -0.39 is 24.5 Å². The minimum atomic E-state index is -1.17. The van der Waals surface area contributed by atoms with Gasteiger partial charge in [-0.25, -0.2) is 9.69 Å². The fraction of sp³-hybridized carbons (Fsp3) is 0.182. The first kappa shape index (κ1) is 12.4. The van der Waals surface area contributed by atoms with Crippen LogP contribution in [0.2, 0.25) is 5.02 Å². The predicted molar refractivity (Wildman–Crippen MR) is 63.5 cm³/mol. The van der Waals surface area contributed by atoms with Crippen molar-refractivity contribution in [2.24, 2.45) is 0 Å². The summed E-state index contributed by atoms with van der Waals surface area (Å²) in [7, 11) is 0. The number of hydrogen-bond donors (Lipinski definition) is 1. The maximum Gasteiger partial charge on any atom is 0.332 e. The van der Waals surface area contributed by atoms with Gasteiger partial charge in [0.25, 0.3) is 5.91 Å². The highest BCUT2D eigenvalue weighted by molar-refractivity contribution is 6.35. The van der Waals surface area contributed by atoms with Crippen LogP contribution in [-0.4, -0.2) is 41.0 Å². The maximum absolute atomic E-state index is 11.9. The van der Waals surface area contributed by atoms with Gasteiger partial charge in [-0.15, -0.1) is 0 Å². The SMILES string of the molecule is O=C(O)CN1CC(=O)N(c2ccccc2Cl)C1=O. The number of benzene rings is 1. The zero-order valence-electron chi connectivity index (χ0n) is 9.17. The molecule has 0 spiro atoms. The molecule has 6 nitrogen and oxygen atoms in total. The number of carboxylic acid groups (broad SMARTS) is 1. The number of nitrogens with zero attached hydrogens (tertiary/aromatic N) is 2. The minimum Gasteiger partial charge on any atom is -0.480 e. The fourth-order valence-corrected chi connectivity index (χ4v) is 1.93. The van der Waals surface area contributed by atoms with E-state index in [1.54, 1.807) is 18.2 Å². The van der Waals surface area contributed by atoms with Gasteiger partial charge in [-0.2, -0.15) is 0 Å². The molecule has 1 aliphatic rings. The molecule has 18 heavy (non-hydrogen) atoms. The summed E-state index contributed by atoms with van der Waals surface area (Å²) in [6, 6.07) is 5.73. The van der Waals surface area contributed by atoms with Crippen LogP contribution in [0, 0.1) is 0 Å². The van der Waals surface area contributed by atoms with Gasteiger partial charge in [-0.3, -0.25) is 9.59 Å². The fourth-order valence-electron chi connectivity index (χ4n) is 1.71. The largest absolute Gasteiger partial charge is 0.480 e. The van der Waals surface area contributed by atoms with E-state index in [0.29, 0.717) is 0 Å². The highest BCUT2D eigenvalue weighted by Gasteiger charge is 2.38. The molecule has 3 amide bonds. The molecule has 0 saturated carbocycles. The normalized spacial score (nSPS) is 15.4. The molecule has 1 N–H and O–H groups in total. The van der Waals surface area contributed by atoms with Gasteiger partial charge >= 0.3 is 12.0 Å². The average molecular weight is 269 g/mol. The summed E-state index contributed by atoms with van der Waals surface area (Å²) in [6.45, 7) is -0.762. The zero-order valence-corrected chi connectivity index (χ0v) is 9.92. The van der Waals surface area contributed by atoms with Crippen LogP contribution >= 0.6 is 11.6 Å². The molecular weight excluding hydrogens is 260 g/mol. The number of rotatable bonds is 3. The van der Waals surface area contributed by atoms with Gasteiger partial charge in [-0.05, 0) is 12.1 Å². The van der Waals surface area contributed by atoms with Gasteiger partial charge in [0.1, 0.15) is 13.1 Å². The molecule has 1 fully saturated rings. The van der Waals surface area contributed by atoms with Gasteiger partial charge in [0.15, 0.2) is 0 Å². The summed E-state index contributed by atoms with van der Waals surface area (Å²) in [4.78, 5) is 36.1. The van der Waals surface area contributed by atoms with Crippen molar-refractivity contribution < 1.29 is 19.5 Å². The van der Waals surface area contributed by atoms with Crippen molar-refractivity contribution in [3.05, 3.63) is 29.3 Å². The number of para-hydroxylation sites is 1. The Labute approximate surface area is 107 Å². The van der Waals surface area contributed by atoms with E-state index in [4.69, 9.17) is 16.7 Å². The summed E-state index contributed by atoms with van der Waals surface area (Å²) >= 11 is 5.91. The molecule has 94 valence electrons. The van der Waals surface area contributed by atoms with Gasteiger partial charge in [0, 0.05) is 0 Å². The number of imide groups is 1. The molecule has 1 aromatic carbocycles. The third-order valence-electron chi connectivity index (χ3n) is 2.46. The van der Waals surface area contributed by atoms with Crippen molar-refractivity contribution in [3.8, 4) is 0 Å². The molecule has 1 aromatic rings. The molecule has 0 radical (unpaired) electrons. The molecule has 0 aliphatic carbocycles. The number of carboxylic acids is 1. The summed E-state index contributed by atoms with van der Waals surface area (Å²) in [5.41, 5.74) is 0.266. The molecule has 1 saturated heterocycles. The Morgan fingerprint density at radius 2 is 2.00 bits per heavy atom. The first-order chi connectivity index (χ1) is 8.50. The molecule has 7 heteroatoms. The summed E-state index contributed by atoms with van der Waals surface area (Å²) in [5, 5.41) is 8.90. The minimum absolute atomic E-state index is 0.254. The second-order valence-electron chi connectivity index (χ2n) is 3.71. The Morgan fingerprint density at radius 1 is 1.33 bits per heavy atom. The van der Waals surface area contributed by atoms with Crippen LogP contribution in [0.25, 0.3) is 0 Å². The quantitative estimate of drug-likeness (QED) is 0.836. The van der Waals surface area contributed by atoms with Crippen molar-refractivity contribution >= 4 is 35.2 Å². The first-order valence-electron chi connectivity index (χ1n) is 5.09. The highest BCUT2D eigenvalue weighted by atomic mass is 35.5. The van der Waals surface area contributed by atoms with E-state index >= 15 is 0 Å². The Hall–Kier alpha value is -2.08. The zero-order chi connectivity index (χ0) is 13.3. The van der Waals surface area contributed by atoms with Gasteiger partial charge in [0.2, 0.25) is 0 Å². The molecular formula is C11H9ClN2O4. The number of aliphatic carboxylic acids is 1.